The van der Waals surface area contributed by atoms with Crippen LogP contribution in [0.4, 0.5) is 0 Å². The molecule has 0 spiro atoms. The lowest BCUT2D eigenvalue weighted by Gasteiger charge is -2.11. The van der Waals surface area contributed by atoms with Gasteiger partial charge < -0.3 is 9.15 Å². The highest BCUT2D eigenvalue weighted by Crippen LogP contribution is 2.33. The fourth-order valence-electron chi connectivity index (χ4n) is 3.01. The smallest absolute Gasteiger partial charge is 0.339 e. The van der Waals surface area contributed by atoms with E-state index in [1.54, 1.807) is 0 Å². The van der Waals surface area contributed by atoms with Gasteiger partial charge in [-0.05, 0) is 43.9 Å². The van der Waals surface area contributed by atoms with E-state index >= 15 is 0 Å². The van der Waals surface area contributed by atoms with Crippen molar-refractivity contribution in [1.82, 2.24) is 20.6 Å². The van der Waals surface area contributed by atoms with Crippen LogP contribution < -0.4 is 10.4 Å². The Morgan fingerprint density at radius 2 is 2.18 bits per heavy atom. The van der Waals surface area contributed by atoms with Crippen LogP contribution in [0.2, 0.25) is 0 Å². The lowest BCUT2D eigenvalue weighted by atomic mass is 10.0. The summed E-state index contributed by atoms with van der Waals surface area (Å²) in [6, 6.07) is 3.86. The van der Waals surface area contributed by atoms with Crippen molar-refractivity contribution >= 4 is 11.0 Å². The van der Waals surface area contributed by atoms with E-state index < -0.39 is 0 Å². The number of rotatable bonds is 3. The Labute approximate surface area is 125 Å². The topological polar surface area (TPSA) is 93.9 Å². The zero-order valence-corrected chi connectivity index (χ0v) is 12.0. The van der Waals surface area contributed by atoms with E-state index in [2.05, 4.69) is 20.6 Å². The predicted molar refractivity (Wildman–Crippen MR) is 77.8 cm³/mol. The highest BCUT2D eigenvalue weighted by Gasteiger charge is 2.21. The molecule has 1 aliphatic rings. The molecule has 0 radical (unpaired) electrons. The average Bonchev–Trinajstić information content (AvgIpc) is 3.19. The summed E-state index contributed by atoms with van der Waals surface area (Å²) in [5.41, 5.74) is 3.15. The first-order valence-electron chi connectivity index (χ1n) is 7.17. The Morgan fingerprint density at radius 3 is 3.00 bits per heavy atom. The Morgan fingerprint density at radius 1 is 1.32 bits per heavy atom. The molecular formula is C15H14N4O3. The van der Waals surface area contributed by atoms with Crippen LogP contribution in [0.3, 0.4) is 0 Å². The second-order valence-corrected chi connectivity index (χ2v) is 5.38. The molecule has 1 aromatic carbocycles. The minimum atomic E-state index is -0.224. The predicted octanol–water partition coefficient (Wildman–Crippen LogP) is 1.68. The maximum absolute atomic E-state index is 12.1. The lowest BCUT2D eigenvalue weighted by molar-refractivity contribution is 0.294. The fourth-order valence-corrected chi connectivity index (χ4v) is 3.01. The number of benzene rings is 1. The molecular weight excluding hydrogens is 284 g/mol. The molecule has 112 valence electrons. The van der Waals surface area contributed by atoms with Crippen LogP contribution in [0, 0.1) is 6.92 Å². The number of nitrogens with one attached hydrogen (secondary N) is 1. The van der Waals surface area contributed by atoms with Crippen LogP contribution in [-0.4, -0.2) is 20.6 Å². The van der Waals surface area contributed by atoms with Gasteiger partial charge in [-0.15, -0.1) is 10.2 Å². The van der Waals surface area contributed by atoms with Crippen molar-refractivity contribution in [2.24, 2.45) is 0 Å². The van der Waals surface area contributed by atoms with Gasteiger partial charge in [-0.2, -0.15) is 5.21 Å². The van der Waals surface area contributed by atoms with Crippen molar-refractivity contribution in [3.8, 4) is 5.75 Å². The van der Waals surface area contributed by atoms with E-state index in [4.69, 9.17) is 9.15 Å². The van der Waals surface area contributed by atoms with Gasteiger partial charge in [0.05, 0.1) is 0 Å². The Kier molecular flexibility index (Phi) is 2.92. The minimum Gasteiger partial charge on any atom is -0.485 e. The van der Waals surface area contributed by atoms with Gasteiger partial charge in [0.2, 0.25) is 5.82 Å². The molecule has 0 aliphatic heterocycles. The quantitative estimate of drug-likeness (QED) is 0.739. The maximum Gasteiger partial charge on any atom is 0.339 e. The number of hydrogen-bond acceptors (Lipinski definition) is 6. The van der Waals surface area contributed by atoms with Gasteiger partial charge in [0.25, 0.3) is 0 Å². The molecule has 4 rings (SSSR count). The summed E-state index contributed by atoms with van der Waals surface area (Å²) >= 11 is 0. The van der Waals surface area contributed by atoms with E-state index in [0.29, 0.717) is 17.2 Å². The van der Waals surface area contributed by atoms with E-state index in [0.717, 1.165) is 41.3 Å². The molecule has 2 aromatic heterocycles. The average molecular weight is 298 g/mol. The summed E-state index contributed by atoms with van der Waals surface area (Å²) < 4.78 is 11.2. The van der Waals surface area contributed by atoms with Crippen molar-refractivity contribution in [3.05, 3.63) is 45.1 Å². The molecule has 0 saturated carbocycles. The highest BCUT2D eigenvalue weighted by molar-refractivity contribution is 5.86. The molecule has 0 atom stereocenters. The summed E-state index contributed by atoms with van der Waals surface area (Å²) in [7, 11) is 0. The first-order valence-corrected chi connectivity index (χ1v) is 7.17. The van der Waals surface area contributed by atoms with Gasteiger partial charge >= 0.3 is 5.63 Å². The second-order valence-electron chi connectivity index (χ2n) is 5.38. The molecule has 1 aliphatic carbocycles. The largest absolute Gasteiger partial charge is 0.485 e. The third-order valence-electron chi connectivity index (χ3n) is 4.09. The first-order chi connectivity index (χ1) is 10.7. The highest BCUT2D eigenvalue weighted by atomic mass is 16.5. The van der Waals surface area contributed by atoms with Crippen molar-refractivity contribution in [3.63, 3.8) is 0 Å². The number of aromatic amines is 1. The summed E-state index contributed by atoms with van der Waals surface area (Å²) in [6.07, 6.45) is 2.75. The van der Waals surface area contributed by atoms with E-state index in [1.807, 2.05) is 19.1 Å². The zero-order valence-electron chi connectivity index (χ0n) is 12.0. The second kappa shape index (κ2) is 4.94. The van der Waals surface area contributed by atoms with Crippen LogP contribution in [0.5, 0.6) is 5.75 Å². The number of aromatic nitrogens is 4. The van der Waals surface area contributed by atoms with Crippen molar-refractivity contribution in [2.45, 2.75) is 32.8 Å². The first kappa shape index (κ1) is 13.0. The van der Waals surface area contributed by atoms with Gasteiger partial charge in [-0.1, -0.05) is 5.21 Å². The SMILES string of the molecule is Cc1c(OCc2nn[nH]n2)ccc2c3c(c(=O)oc12)CCC3. The van der Waals surface area contributed by atoms with E-state index in [9.17, 15) is 4.79 Å². The molecule has 7 nitrogen and oxygen atoms in total. The van der Waals surface area contributed by atoms with Crippen LogP contribution in [0.1, 0.15) is 28.9 Å². The maximum atomic E-state index is 12.1. The van der Waals surface area contributed by atoms with E-state index in [-0.39, 0.29) is 12.2 Å². The van der Waals surface area contributed by atoms with Gasteiger partial charge in [-0.3, -0.25) is 0 Å². The number of ether oxygens (including phenoxy) is 1. The Bertz CT molecular complexity index is 899. The van der Waals surface area contributed by atoms with Crippen molar-refractivity contribution in [1.29, 1.82) is 0 Å². The molecule has 0 unspecified atom stereocenters. The van der Waals surface area contributed by atoms with Crippen LogP contribution in [0.15, 0.2) is 21.3 Å². The van der Waals surface area contributed by atoms with Gasteiger partial charge in [-0.25, -0.2) is 4.79 Å². The normalized spacial score (nSPS) is 13.5. The minimum absolute atomic E-state index is 0.206. The third kappa shape index (κ3) is 1.97. The zero-order chi connectivity index (χ0) is 15.1. The summed E-state index contributed by atoms with van der Waals surface area (Å²) in [6.45, 7) is 2.09. The summed E-state index contributed by atoms with van der Waals surface area (Å²) in [5, 5.41) is 14.5. The molecule has 0 fully saturated rings. The molecule has 22 heavy (non-hydrogen) atoms. The molecule has 1 N–H and O–H groups in total. The monoisotopic (exact) mass is 298 g/mol. The summed E-state index contributed by atoms with van der Waals surface area (Å²) in [4.78, 5) is 12.1. The lowest BCUT2D eigenvalue weighted by Crippen LogP contribution is -2.08. The number of H-pyrrole nitrogens is 1. The van der Waals surface area contributed by atoms with Crippen molar-refractivity contribution < 1.29 is 9.15 Å². The number of nitrogens with zero attached hydrogens (tertiary/aromatic N) is 3. The number of fused-ring (bicyclic) bond motifs is 3. The Balaban J connectivity index is 1.77. The van der Waals surface area contributed by atoms with Crippen LogP contribution in [-0.2, 0) is 19.4 Å². The molecule has 3 aromatic rings. The molecule has 7 heteroatoms. The van der Waals surface area contributed by atoms with Crippen LogP contribution in [0.25, 0.3) is 11.0 Å². The Hall–Kier alpha value is -2.70. The molecule has 0 saturated heterocycles. The molecule has 0 bridgehead atoms. The summed E-state index contributed by atoms with van der Waals surface area (Å²) in [5.74, 6) is 1.12. The molecule has 2 heterocycles. The van der Waals surface area contributed by atoms with Crippen molar-refractivity contribution in [2.75, 3.05) is 0 Å². The number of hydrogen-bond donors (Lipinski definition) is 1. The number of tetrazole rings is 1. The third-order valence-corrected chi connectivity index (χ3v) is 4.09. The standard InChI is InChI=1S/C15H14N4O3/c1-8-12(21-7-13-16-18-19-17-13)6-5-10-9-3-2-4-11(9)15(20)22-14(8)10/h5-6H,2-4,7H2,1H3,(H,16,17,18,19). The van der Waals surface area contributed by atoms with Crippen LogP contribution >= 0.6 is 0 Å². The molecule has 0 amide bonds. The van der Waals surface area contributed by atoms with Gasteiger partial charge in [0, 0.05) is 16.5 Å². The van der Waals surface area contributed by atoms with Gasteiger partial charge in [0.15, 0.2) is 6.61 Å². The fraction of sp³-hybridized carbons (Fsp3) is 0.333. The van der Waals surface area contributed by atoms with E-state index in [1.165, 1.54) is 0 Å². The number of aryl methyl sites for hydroxylation is 2. The van der Waals surface area contributed by atoms with Gasteiger partial charge in [0.1, 0.15) is 11.3 Å².